The van der Waals surface area contributed by atoms with Crippen LogP contribution in [0.25, 0.3) is 0 Å². The molecule has 0 bridgehead atoms. The van der Waals surface area contributed by atoms with E-state index in [4.69, 9.17) is 0 Å². The van der Waals surface area contributed by atoms with Crippen molar-refractivity contribution in [3.05, 3.63) is 132 Å². The molecule has 4 rings (SSSR count). The van der Waals surface area contributed by atoms with Gasteiger partial charge in [-0.2, -0.15) is 0 Å². The maximum Gasteiger partial charge on any atom is 0.257 e. The molecule has 34 heavy (non-hydrogen) atoms. The molecule has 170 valence electrons. The van der Waals surface area contributed by atoms with E-state index in [2.05, 4.69) is 40.2 Å². The van der Waals surface area contributed by atoms with Gasteiger partial charge in [-0.1, -0.05) is 91.0 Å². The van der Waals surface area contributed by atoms with Crippen molar-refractivity contribution in [2.45, 2.75) is 12.5 Å². The number of carbonyl (C=O) groups is 2. The van der Waals surface area contributed by atoms with E-state index >= 15 is 0 Å². The second kappa shape index (κ2) is 11.6. The van der Waals surface area contributed by atoms with Gasteiger partial charge in [-0.3, -0.25) is 9.59 Å². The molecule has 0 aromatic heterocycles. The molecule has 0 radical (unpaired) electrons. The van der Waals surface area contributed by atoms with Crippen LogP contribution < -0.4 is 16.0 Å². The first-order valence-electron chi connectivity index (χ1n) is 11.3. The number of carbonyl (C=O) groups excluding carboxylic acids is 2. The van der Waals surface area contributed by atoms with Gasteiger partial charge in [-0.15, -0.1) is 0 Å². The van der Waals surface area contributed by atoms with Gasteiger partial charge in [0.1, 0.15) is 0 Å². The molecule has 0 aliphatic rings. The Bertz CT molecular complexity index is 1210. The van der Waals surface area contributed by atoms with Gasteiger partial charge in [0.05, 0.1) is 17.8 Å². The fourth-order valence-corrected chi connectivity index (χ4v) is 3.76. The van der Waals surface area contributed by atoms with Crippen LogP contribution in [0.3, 0.4) is 0 Å². The monoisotopic (exact) mass is 449 g/mol. The van der Waals surface area contributed by atoms with Crippen LogP contribution in [0.2, 0.25) is 0 Å². The first-order chi connectivity index (χ1) is 16.7. The van der Waals surface area contributed by atoms with Gasteiger partial charge in [-0.25, -0.2) is 0 Å². The summed E-state index contributed by atoms with van der Waals surface area (Å²) < 4.78 is 0. The van der Waals surface area contributed by atoms with Crippen molar-refractivity contribution in [1.29, 1.82) is 0 Å². The molecule has 3 N–H and O–H groups in total. The van der Waals surface area contributed by atoms with Crippen LogP contribution in [0, 0.1) is 0 Å². The lowest BCUT2D eigenvalue weighted by molar-refractivity contribution is -0.115. The quantitative estimate of drug-likeness (QED) is 0.318. The predicted molar refractivity (Wildman–Crippen MR) is 137 cm³/mol. The molecule has 4 aromatic carbocycles. The van der Waals surface area contributed by atoms with E-state index in [0.29, 0.717) is 16.9 Å². The molecule has 0 aliphatic carbocycles. The van der Waals surface area contributed by atoms with E-state index in [9.17, 15) is 9.59 Å². The fourth-order valence-electron chi connectivity index (χ4n) is 3.76. The highest BCUT2D eigenvalue weighted by Crippen LogP contribution is 2.20. The first-order valence-corrected chi connectivity index (χ1v) is 11.3. The molecule has 4 aromatic rings. The summed E-state index contributed by atoms with van der Waals surface area (Å²) in [7, 11) is 0. The molecule has 0 saturated heterocycles. The lowest BCUT2D eigenvalue weighted by Gasteiger charge is -2.20. The Morgan fingerprint density at radius 1 is 0.647 bits per heavy atom. The maximum absolute atomic E-state index is 12.8. The third-order valence-electron chi connectivity index (χ3n) is 5.47. The summed E-state index contributed by atoms with van der Waals surface area (Å²) in [5.74, 6) is -0.491. The Morgan fingerprint density at radius 2 is 1.24 bits per heavy atom. The van der Waals surface area contributed by atoms with Crippen LogP contribution in [-0.4, -0.2) is 18.4 Å². The average Bonchev–Trinajstić information content (AvgIpc) is 2.88. The second-order valence-electron chi connectivity index (χ2n) is 7.95. The normalized spacial score (nSPS) is 11.4. The van der Waals surface area contributed by atoms with Gasteiger partial charge in [0.25, 0.3) is 5.91 Å². The van der Waals surface area contributed by atoms with Gasteiger partial charge >= 0.3 is 0 Å². The van der Waals surface area contributed by atoms with Crippen LogP contribution in [0.4, 0.5) is 11.4 Å². The number of hydrogen-bond donors (Lipinski definition) is 3. The summed E-state index contributed by atoms with van der Waals surface area (Å²) in [5.41, 5.74) is 3.88. The van der Waals surface area contributed by atoms with E-state index < -0.39 is 0 Å². The lowest BCUT2D eigenvalue weighted by Crippen LogP contribution is -2.32. The van der Waals surface area contributed by atoms with Crippen molar-refractivity contribution in [2.75, 3.05) is 17.2 Å². The minimum atomic E-state index is -0.277. The third kappa shape index (κ3) is 6.40. The lowest BCUT2D eigenvalue weighted by atomic mass is 9.99. The molecule has 1 atom stereocenters. The summed E-state index contributed by atoms with van der Waals surface area (Å²) in [6.45, 7) is 0.112. The number of amides is 2. The van der Waals surface area contributed by atoms with Gasteiger partial charge in [0, 0.05) is 11.7 Å². The van der Waals surface area contributed by atoms with Crippen molar-refractivity contribution < 1.29 is 9.59 Å². The van der Waals surface area contributed by atoms with Crippen LogP contribution in [-0.2, 0) is 11.2 Å². The third-order valence-corrected chi connectivity index (χ3v) is 5.47. The molecule has 5 nitrogen and oxygen atoms in total. The zero-order chi connectivity index (χ0) is 23.6. The topological polar surface area (TPSA) is 70.2 Å². The number of para-hydroxylation sites is 2. The fraction of sp³-hybridized carbons (Fsp3) is 0.103. The standard InChI is InChI=1S/C29H27N3O2/c33-28(21-30-27(23-14-6-2-7-15-23)20-22-12-4-1-5-13-22)32-26-19-11-10-18-25(26)29(34)31-24-16-8-3-9-17-24/h1-19,27,30H,20-21H2,(H,31,34)(H,32,33). The Kier molecular flexibility index (Phi) is 7.82. The molecule has 0 heterocycles. The second-order valence-corrected chi connectivity index (χ2v) is 7.95. The predicted octanol–water partition coefficient (Wildman–Crippen LogP) is 5.45. The van der Waals surface area contributed by atoms with E-state index in [1.165, 1.54) is 5.56 Å². The first kappa shape index (κ1) is 23.0. The highest BCUT2D eigenvalue weighted by atomic mass is 16.2. The van der Waals surface area contributed by atoms with Crippen molar-refractivity contribution in [3.8, 4) is 0 Å². The molecule has 5 heteroatoms. The Balaban J connectivity index is 1.42. The highest BCUT2D eigenvalue weighted by Gasteiger charge is 2.16. The molecule has 0 spiro atoms. The van der Waals surface area contributed by atoms with Crippen LogP contribution in [0.1, 0.15) is 27.5 Å². The van der Waals surface area contributed by atoms with Crippen molar-refractivity contribution in [2.24, 2.45) is 0 Å². The zero-order valence-electron chi connectivity index (χ0n) is 18.8. The van der Waals surface area contributed by atoms with Crippen molar-refractivity contribution in [1.82, 2.24) is 5.32 Å². The molecule has 1 unspecified atom stereocenters. The molecule has 2 amide bonds. The van der Waals surface area contributed by atoms with Gasteiger partial charge in [-0.05, 0) is 41.8 Å². The zero-order valence-corrected chi connectivity index (χ0v) is 18.8. The number of benzene rings is 4. The smallest absolute Gasteiger partial charge is 0.257 e. The molecule has 0 aliphatic heterocycles. The van der Waals surface area contributed by atoms with Crippen molar-refractivity contribution >= 4 is 23.2 Å². The summed E-state index contributed by atoms with van der Waals surface area (Å²) >= 11 is 0. The molecule has 0 fully saturated rings. The molecular formula is C29H27N3O2. The Labute approximate surface area is 199 Å². The van der Waals surface area contributed by atoms with Crippen molar-refractivity contribution in [3.63, 3.8) is 0 Å². The van der Waals surface area contributed by atoms with Crippen LogP contribution in [0.5, 0.6) is 0 Å². The highest BCUT2D eigenvalue weighted by molar-refractivity contribution is 6.10. The largest absolute Gasteiger partial charge is 0.324 e. The molecule has 0 saturated carbocycles. The number of hydrogen-bond acceptors (Lipinski definition) is 3. The summed E-state index contributed by atoms with van der Waals surface area (Å²) in [4.78, 5) is 25.6. The summed E-state index contributed by atoms with van der Waals surface area (Å²) in [6.07, 6.45) is 0.758. The van der Waals surface area contributed by atoms with E-state index in [1.807, 2.05) is 66.7 Å². The van der Waals surface area contributed by atoms with E-state index in [0.717, 1.165) is 12.0 Å². The maximum atomic E-state index is 12.8. The minimum Gasteiger partial charge on any atom is -0.324 e. The van der Waals surface area contributed by atoms with Crippen LogP contribution in [0.15, 0.2) is 115 Å². The average molecular weight is 450 g/mol. The molecular weight excluding hydrogens is 422 g/mol. The van der Waals surface area contributed by atoms with Gasteiger partial charge in [0.15, 0.2) is 0 Å². The summed E-state index contributed by atoms with van der Waals surface area (Å²) in [6, 6.07) is 36.5. The number of rotatable bonds is 9. The SMILES string of the molecule is O=C(CNC(Cc1ccccc1)c1ccccc1)Nc1ccccc1C(=O)Nc1ccccc1. The Morgan fingerprint density at radius 3 is 1.94 bits per heavy atom. The van der Waals surface area contributed by atoms with E-state index in [-0.39, 0.29) is 24.4 Å². The minimum absolute atomic E-state index is 0.0222. The van der Waals surface area contributed by atoms with Gasteiger partial charge < -0.3 is 16.0 Å². The number of anilines is 2. The summed E-state index contributed by atoms with van der Waals surface area (Å²) in [5, 5.41) is 9.13. The van der Waals surface area contributed by atoms with Crippen LogP contribution >= 0.6 is 0 Å². The van der Waals surface area contributed by atoms with Gasteiger partial charge in [0.2, 0.25) is 5.91 Å². The van der Waals surface area contributed by atoms with E-state index in [1.54, 1.807) is 24.3 Å². The Hall–Kier alpha value is -4.22. The number of nitrogens with one attached hydrogen (secondary N) is 3.